The molecule has 1 aliphatic carbocycles. The van der Waals surface area contributed by atoms with E-state index < -0.39 is 12.1 Å². The van der Waals surface area contributed by atoms with Gasteiger partial charge in [-0.2, -0.15) is 0 Å². The van der Waals surface area contributed by atoms with Crippen molar-refractivity contribution < 1.29 is 24.9 Å². The van der Waals surface area contributed by atoms with Crippen molar-refractivity contribution in [1.29, 1.82) is 0 Å². The number of carboxylic acid groups (broad SMARTS) is 1. The van der Waals surface area contributed by atoms with Gasteiger partial charge in [-0.1, -0.05) is 57.6 Å². The van der Waals surface area contributed by atoms with Crippen LogP contribution in [0.3, 0.4) is 0 Å². The first-order valence-corrected chi connectivity index (χ1v) is 10.2. The minimum absolute atomic E-state index is 0.126. The molecule has 0 aromatic rings. The molecule has 0 spiro atoms. The first-order chi connectivity index (χ1) is 12.5. The maximum absolute atomic E-state index is 12.2. The zero-order valence-electron chi connectivity index (χ0n) is 16.1. The fraction of sp³-hybridized carbons (Fsp3) is 0.810. The molecule has 0 heterocycles. The van der Waals surface area contributed by atoms with Crippen LogP contribution < -0.4 is 0 Å². The highest BCUT2D eigenvalue weighted by atomic mass is 16.4. The van der Waals surface area contributed by atoms with Crippen LogP contribution in [-0.2, 0) is 9.59 Å². The van der Waals surface area contributed by atoms with Crippen LogP contribution in [0.25, 0.3) is 0 Å². The van der Waals surface area contributed by atoms with Gasteiger partial charge >= 0.3 is 5.97 Å². The molecule has 5 heteroatoms. The summed E-state index contributed by atoms with van der Waals surface area (Å²) in [4.78, 5) is 22.6. The van der Waals surface area contributed by atoms with Gasteiger partial charge in [-0.3, -0.25) is 9.59 Å². The Bertz CT molecular complexity index is 446. The third kappa shape index (κ3) is 8.95. The average molecular weight is 369 g/mol. The lowest BCUT2D eigenvalue weighted by atomic mass is 9.88. The van der Waals surface area contributed by atoms with E-state index in [0.29, 0.717) is 12.8 Å². The Hall–Kier alpha value is -1.20. The van der Waals surface area contributed by atoms with Gasteiger partial charge < -0.3 is 15.3 Å². The second-order valence-electron chi connectivity index (χ2n) is 7.58. The number of aliphatic hydroxyl groups is 2. The summed E-state index contributed by atoms with van der Waals surface area (Å²) >= 11 is 0. The second-order valence-corrected chi connectivity index (χ2v) is 7.58. The summed E-state index contributed by atoms with van der Waals surface area (Å²) in [5.41, 5.74) is 0. The summed E-state index contributed by atoms with van der Waals surface area (Å²) in [6.07, 6.45) is 12.0. The fourth-order valence-electron chi connectivity index (χ4n) is 3.73. The minimum Gasteiger partial charge on any atom is -0.481 e. The number of aliphatic hydroxyl groups excluding tert-OH is 2. The molecule has 150 valence electrons. The van der Waals surface area contributed by atoms with Crippen LogP contribution in [0.5, 0.6) is 0 Å². The number of aliphatic carboxylic acids is 1. The summed E-state index contributed by atoms with van der Waals surface area (Å²) in [6, 6.07) is 0. The lowest BCUT2D eigenvalue weighted by molar-refractivity contribution is -0.137. The van der Waals surface area contributed by atoms with Crippen molar-refractivity contribution >= 4 is 11.8 Å². The quantitative estimate of drug-likeness (QED) is 0.320. The predicted octanol–water partition coefficient (Wildman–Crippen LogP) is 3.87. The molecule has 1 saturated carbocycles. The maximum Gasteiger partial charge on any atom is 0.303 e. The minimum atomic E-state index is -0.763. The molecule has 1 aliphatic rings. The normalized spacial score (nSPS) is 24.4. The summed E-state index contributed by atoms with van der Waals surface area (Å²) in [5, 5.41) is 28.8. The Morgan fingerprint density at radius 3 is 2.62 bits per heavy atom. The first-order valence-electron chi connectivity index (χ1n) is 10.2. The molecule has 1 fully saturated rings. The third-order valence-electron chi connectivity index (χ3n) is 5.30. The van der Waals surface area contributed by atoms with E-state index in [-0.39, 0.29) is 36.6 Å². The molecule has 5 nitrogen and oxygen atoms in total. The maximum atomic E-state index is 12.2. The molecule has 26 heavy (non-hydrogen) atoms. The van der Waals surface area contributed by atoms with E-state index in [1.165, 1.54) is 0 Å². The Morgan fingerprint density at radius 1 is 1.19 bits per heavy atom. The zero-order valence-corrected chi connectivity index (χ0v) is 16.1. The third-order valence-corrected chi connectivity index (χ3v) is 5.30. The smallest absolute Gasteiger partial charge is 0.303 e. The highest BCUT2D eigenvalue weighted by Gasteiger charge is 2.39. The van der Waals surface area contributed by atoms with E-state index in [1.54, 1.807) is 0 Å². The molecule has 0 aromatic carbocycles. The Labute approximate surface area is 157 Å². The topological polar surface area (TPSA) is 94.8 Å². The molecule has 3 N–H and O–H groups in total. The number of carboxylic acids is 1. The van der Waals surface area contributed by atoms with Gasteiger partial charge in [0.1, 0.15) is 5.78 Å². The van der Waals surface area contributed by atoms with Gasteiger partial charge in [0.2, 0.25) is 0 Å². The standard InChI is InChI=1S/C21H36O5/c1-2-3-6-10-16(22)11-9-13-18-17(19(23)15-20(18)24)12-7-4-5-8-14-21(25)26/h9,13,16-18,20,22,24H,2-8,10-12,14-15H2,1H3,(H,25,26)/t16-,17-,18-,20-/m1/s1. The van der Waals surface area contributed by atoms with Crippen LogP contribution >= 0.6 is 0 Å². The fourth-order valence-corrected chi connectivity index (χ4v) is 3.73. The SMILES string of the molecule is CCCCC[C@@H](O)CC=C[C@H]1[C@H](O)CC(=O)[C@@H]1CCCCCCC(=O)O. The molecule has 0 radical (unpaired) electrons. The van der Waals surface area contributed by atoms with Crippen molar-refractivity contribution in [3.05, 3.63) is 12.2 Å². The Balaban J connectivity index is 2.35. The van der Waals surface area contributed by atoms with Crippen molar-refractivity contribution in [3.63, 3.8) is 0 Å². The largest absolute Gasteiger partial charge is 0.481 e. The van der Waals surface area contributed by atoms with Crippen LogP contribution in [0.4, 0.5) is 0 Å². The van der Waals surface area contributed by atoms with Gasteiger partial charge in [0, 0.05) is 24.7 Å². The van der Waals surface area contributed by atoms with E-state index in [4.69, 9.17) is 5.11 Å². The molecular formula is C21H36O5. The number of hydrogen-bond acceptors (Lipinski definition) is 4. The van der Waals surface area contributed by atoms with E-state index in [9.17, 15) is 19.8 Å². The molecule has 4 atom stereocenters. The van der Waals surface area contributed by atoms with Crippen molar-refractivity contribution in [1.82, 2.24) is 0 Å². The van der Waals surface area contributed by atoms with Gasteiger partial charge in [-0.15, -0.1) is 0 Å². The molecule has 0 unspecified atom stereocenters. The van der Waals surface area contributed by atoms with E-state index in [2.05, 4.69) is 6.92 Å². The highest BCUT2D eigenvalue weighted by molar-refractivity contribution is 5.84. The predicted molar refractivity (Wildman–Crippen MR) is 102 cm³/mol. The van der Waals surface area contributed by atoms with Gasteiger partial charge in [-0.25, -0.2) is 0 Å². The van der Waals surface area contributed by atoms with Gasteiger partial charge in [-0.05, 0) is 25.7 Å². The number of carbonyl (C=O) groups excluding carboxylic acids is 1. The van der Waals surface area contributed by atoms with Crippen LogP contribution in [0.1, 0.15) is 84.0 Å². The molecule has 0 aliphatic heterocycles. The number of unbranched alkanes of at least 4 members (excludes halogenated alkanes) is 5. The monoisotopic (exact) mass is 368 g/mol. The van der Waals surface area contributed by atoms with Crippen molar-refractivity contribution in [2.24, 2.45) is 11.8 Å². The summed E-state index contributed by atoms with van der Waals surface area (Å²) in [5.74, 6) is -0.926. The van der Waals surface area contributed by atoms with Crippen LogP contribution in [0.2, 0.25) is 0 Å². The number of rotatable bonds is 14. The molecular weight excluding hydrogens is 332 g/mol. The van der Waals surface area contributed by atoms with Crippen molar-refractivity contribution in [2.75, 3.05) is 0 Å². The summed E-state index contributed by atoms with van der Waals surface area (Å²) in [6.45, 7) is 2.14. The van der Waals surface area contributed by atoms with Gasteiger partial charge in [0.15, 0.2) is 0 Å². The Kier molecular flexibility index (Phi) is 11.5. The summed E-state index contributed by atoms with van der Waals surface area (Å²) in [7, 11) is 0. The Morgan fingerprint density at radius 2 is 1.92 bits per heavy atom. The molecule has 0 aromatic heterocycles. The van der Waals surface area contributed by atoms with Gasteiger partial charge in [0.25, 0.3) is 0 Å². The number of ketones is 1. The highest BCUT2D eigenvalue weighted by Crippen LogP contribution is 2.34. The number of Topliss-reactive ketones (excluding diaryl/α,β-unsaturated/α-hetero) is 1. The van der Waals surface area contributed by atoms with Crippen LogP contribution in [0, 0.1) is 11.8 Å². The number of hydrogen-bond donors (Lipinski definition) is 3. The second kappa shape index (κ2) is 13.0. The van der Waals surface area contributed by atoms with E-state index in [1.807, 2.05) is 12.2 Å². The molecule has 0 saturated heterocycles. The van der Waals surface area contributed by atoms with E-state index in [0.717, 1.165) is 51.4 Å². The molecule has 0 amide bonds. The lowest BCUT2D eigenvalue weighted by Gasteiger charge is -2.17. The summed E-state index contributed by atoms with van der Waals surface area (Å²) < 4.78 is 0. The van der Waals surface area contributed by atoms with Gasteiger partial charge in [0.05, 0.1) is 12.2 Å². The first kappa shape index (κ1) is 22.8. The number of carbonyl (C=O) groups is 2. The lowest BCUT2D eigenvalue weighted by Crippen LogP contribution is -2.18. The van der Waals surface area contributed by atoms with Crippen molar-refractivity contribution in [2.45, 2.75) is 96.2 Å². The average Bonchev–Trinajstić information content (AvgIpc) is 2.84. The van der Waals surface area contributed by atoms with Crippen LogP contribution in [-0.4, -0.2) is 39.3 Å². The molecule has 1 rings (SSSR count). The zero-order chi connectivity index (χ0) is 19.4. The van der Waals surface area contributed by atoms with Crippen LogP contribution in [0.15, 0.2) is 12.2 Å². The molecule has 0 bridgehead atoms. The van der Waals surface area contributed by atoms with E-state index >= 15 is 0 Å². The van der Waals surface area contributed by atoms with Crippen molar-refractivity contribution in [3.8, 4) is 0 Å².